The number of Topliss-reactive ketones (excluding diaryl/α,β-unsaturated/α-hetero) is 1. The molecule has 5 nitrogen and oxygen atoms in total. The van der Waals surface area contributed by atoms with Gasteiger partial charge in [0.05, 0.1) is 16.1 Å². The zero-order chi connectivity index (χ0) is 62.4. The van der Waals surface area contributed by atoms with Crippen LogP contribution in [-0.2, 0) is 4.79 Å². The molecule has 0 bridgehead atoms. The second-order valence-electron chi connectivity index (χ2n) is 25.5. The van der Waals surface area contributed by atoms with Gasteiger partial charge in [0.25, 0.3) is 0 Å². The molecule has 0 radical (unpaired) electrons. The fourth-order valence-corrected chi connectivity index (χ4v) is 11.7. The second kappa shape index (κ2) is 37.3. The van der Waals surface area contributed by atoms with Crippen LogP contribution in [0.3, 0.4) is 0 Å². The molecule has 7 atom stereocenters. The van der Waals surface area contributed by atoms with Gasteiger partial charge < -0.3 is 16.2 Å². The molecule has 85 heavy (non-hydrogen) atoms. The summed E-state index contributed by atoms with van der Waals surface area (Å²) < 4.78 is 13.4. The van der Waals surface area contributed by atoms with Gasteiger partial charge in [-0.1, -0.05) is 270 Å². The fourth-order valence-electron chi connectivity index (χ4n) is 11.0. The predicted molar refractivity (Wildman–Crippen MR) is 369 cm³/mol. The first-order valence-corrected chi connectivity index (χ1v) is 32.3. The lowest BCUT2D eigenvalue weighted by Gasteiger charge is -2.32. The van der Waals surface area contributed by atoms with E-state index in [1.54, 1.807) is 6.07 Å². The minimum absolute atomic E-state index is 0. The van der Waals surface area contributed by atoms with Gasteiger partial charge >= 0.3 is 0 Å². The molecule has 468 valence electrons. The van der Waals surface area contributed by atoms with E-state index in [-0.39, 0.29) is 48.5 Å². The molecule has 1 aliphatic heterocycles. The fraction of sp³-hybridized carbons (Fsp3) is 0.500. The summed E-state index contributed by atoms with van der Waals surface area (Å²) >= 11 is 29.9. The van der Waals surface area contributed by atoms with Gasteiger partial charge in [0.2, 0.25) is 0 Å². The number of carbonyl (C=O) groups is 1. The third-order valence-corrected chi connectivity index (χ3v) is 18.5. The molecule has 2 aliphatic rings. The van der Waals surface area contributed by atoms with Crippen molar-refractivity contribution in [1.82, 2.24) is 10.2 Å². The van der Waals surface area contributed by atoms with Crippen LogP contribution in [0.2, 0.25) is 25.1 Å². The standard InChI is InChI=1S/C23H30ClNO.C20H29ClO.C17H23ClFN.C13H17Cl2N.CH4/c1-16(23(3,4)5)21(18-11-13-20(24)14-12-18)15-25-17(2)22(26)19-9-7-6-8-10-19;1-14(2)20(22)19(17-9-11-18(21)12-10-17)13-8-16-6-4-15(3)5-7-16;1-12(2)13(3)17(11-20-9-8-16(19)10-20)14-4-6-15(18)7-5-14;1-8(2)9(3)11(7-16)10-4-5-12(14)13(15)6-10;/h6-14,17,21-22,25-26H,1,15H2,2-5H3;9-12,14-16,19H,4-8,13H2,1-3H3;4-7,12,16-17H,3,8-11H2,1-2H3;4-6,8,11H,3,7,16H2,1-2H3;1H4/t17-,21?,22-;;16-,17?;11-;/m1.00./s1. The van der Waals surface area contributed by atoms with E-state index in [1.165, 1.54) is 48.8 Å². The van der Waals surface area contributed by atoms with E-state index in [1.807, 2.05) is 112 Å². The molecule has 5 aromatic carbocycles. The highest BCUT2D eigenvalue weighted by Gasteiger charge is 2.30. The van der Waals surface area contributed by atoms with E-state index >= 15 is 0 Å². The number of hydrogen-bond acceptors (Lipinski definition) is 5. The maximum atomic E-state index is 13.4. The average Bonchev–Trinajstić information content (AvgIpc) is 4.01. The molecule has 1 saturated heterocycles. The highest BCUT2D eigenvalue weighted by Crippen LogP contribution is 2.39. The van der Waals surface area contributed by atoms with Crippen molar-refractivity contribution in [3.8, 4) is 0 Å². The predicted octanol–water partition coefficient (Wildman–Crippen LogP) is 21.6. The van der Waals surface area contributed by atoms with Gasteiger partial charge in [-0.3, -0.25) is 9.69 Å². The number of aliphatic hydroxyl groups is 1. The number of carbonyl (C=O) groups excluding carboxylic acids is 1. The summed E-state index contributed by atoms with van der Waals surface area (Å²) in [5, 5.41) is 17.4. The summed E-state index contributed by atoms with van der Waals surface area (Å²) in [6, 6.07) is 39.1. The first-order chi connectivity index (χ1) is 39.6. The molecule has 2 fully saturated rings. The molecule has 0 amide bonds. The highest BCUT2D eigenvalue weighted by molar-refractivity contribution is 6.42. The van der Waals surface area contributed by atoms with Gasteiger partial charge in [-0.05, 0) is 132 Å². The molecule has 11 heteroatoms. The number of alkyl halides is 1. The van der Waals surface area contributed by atoms with Gasteiger partial charge in [0, 0.05) is 83.4 Å². The maximum Gasteiger partial charge on any atom is 0.142 e. The zero-order valence-electron chi connectivity index (χ0n) is 52.2. The van der Waals surface area contributed by atoms with Crippen LogP contribution in [0.25, 0.3) is 0 Å². The number of likely N-dealkylation sites (tertiary alicyclic amines) is 1. The highest BCUT2D eigenvalue weighted by atomic mass is 35.5. The van der Waals surface area contributed by atoms with Gasteiger partial charge in [-0.15, -0.1) is 0 Å². The van der Waals surface area contributed by atoms with Crippen molar-refractivity contribution in [2.45, 2.75) is 171 Å². The van der Waals surface area contributed by atoms with Crippen molar-refractivity contribution in [3.63, 3.8) is 0 Å². The average molecular weight is 1260 g/mol. The van der Waals surface area contributed by atoms with E-state index < -0.39 is 12.3 Å². The van der Waals surface area contributed by atoms with Crippen LogP contribution in [0.15, 0.2) is 158 Å². The molecule has 0 spiro atoms. The monoisotopic (exact) mass is 1260 g/mol. The summed E-state index contributed by atoms with van der Waals surface area (Å²) in [7, 11) is 0. The van der Waals surface area contributed by atoms with Crippen LogP contribution < -0.4 is 11.1 Å². The number of hydrogen-bond donors (Lipinski definition) is 3. The Morgan fingerprint density at radius 1 is 0.635 bits per heavy atom. The Labute approximate surface area is 539 Å². The minimum atomic E-state index is -0.673. The maximum absolute atomic E-state index is 13.4. The quantitative estimate of drug-likeness (QED) is 0.0602. The Bertz CT molecular complexity index is 2770. The number of nitrogens with zero attached hydrogens (tertiary/aromatic N) is 1. The third kappa shape index (κ3) is 25.0. The number of halogens is 6. The normalized spacial score (nSPS) is 18.2. The van der Waals surface area contributed by atoms with Crippen molar-refractivity contribution in [2.75, 3.05) is 32.7 Å². The number of aliphatic hydroxyl groups excluding tert-OH is 1. The van der Waals surface area contributed by atoms with Crippen molar-refractivity contribution in [1.29, 1.82) is 0 Å². The lowest BCUT2D eigenvalue weighted by Crippen LogP contribution is -2.36. The van der Waals surface area contributed by atoms with Crippen molar-refractivity contribution in [3.05, 3.63) is 211 Å². The summed E-state index contributed by atoms with van der Waals surface area (Å²) in [5.74, 6) is 3.56. The van der Waals surface area contributed by atoms with Gasteiger partial charge in [0.1, 0.15) is 12.0 Å². The van der Waals surface area contributed by atoms with Crippen LogP contribution in [0.1, 0.15) is 186 Å². The van der Waals surface area contributed by atoms with Crippen molar-refractivity contribution >= 4 is 63.8 Å². The summed E-state index contributed by atoms with van der Waals surface area (Å²) in [6.07, 6.45) is 6.98. The van der Waals surface area contributed by atoms with Crippen LogP contribution in [-0.4, -0.2) is 60.7 Å². The number of benzene rings is 5. The number of ketones is 1. The zero-order valence-corrected chi connectivity index (χ0v) is 56.0. The minimum Gasteiger partial charge on any atom is -0.387 e. The molecular weight excluding hydrogens is 1160 g/mol. The molecule has 7 rings (SSSR count). The number of nitrogens with one attached hydrogen (secondary N) is 1. The van der Waals surface area contributed by atoms with Crippen LogP contribution in [0.5, 0.6) is 0 Å². The Balaban J connectivity index is 0.000000300. The van der Waals surface area contributed by atoms with Crippen LogP contribution in [0.4, 0.5) is 4.39 Å². The first-order valence-electron chi connectivity index (χ1n) is 30.5. The van der Waals surface area contributed by atoms with E-state index in [2.05, 4.69) is 110 Å². The molecule has 4 N–H and O–H groups in total. The number of rotatable bonds is 22. The van der Waals surface area contributed by atoms with Crippen LogP contribution >= 0.6 is 58.0 Å². The Kier molecular flexibility index (Phi) is 33.1. The Hall–Kier alpha value is -3.79. The van der Waals surface area contributed by atoms with Crippen molar-refractivity contribution < 1.29 is 14.3 Å². The molecule has 0 aromatic heterocycles. The van der Waals surface area contributed by atoms with E-state index in [4.69, 9.17) is 63.7 Å². The van der Waals surface area contributed by atoms with Crippen molar-refractivity contribution in [2.24, 2.45) is 40.7 Å². The lowest BCUT2D eigenvalue weighted by molar-refractivity contribution is -0.123. The summed E-state index contributed by atoms with van der Waals surface area (Å²) in [5.41, 5.74) is 14.8. The molecule has 1 heterocycles. The molecule has 1 aliphatic carbocycles. The first kappa shape index (κ1) is 75.5. The van der Waals surface area contributed by atoms with E-state index in [0.717, 1.165) is 74.3 Å². The molecule has 5 aromatic rings. The third-order valence-electron chi connectivity index (χ3n) is 17.0. The van der Waals surface area contributed by atoms with E-state index in [9.17, 15) is 14.3 Å². The van der Waals surface area contributed by atoms with Gasteiger partial charge in [-0.25, -0.2) is 4.39 Å². The van der Waals surface area contributed by atoms with Gasteiger partial charge in [0.15, 0.2) is 0 Å². The Morgan fingerprint density at radius 2 is 1.11 bits per heavy atom. The molecular formula is C74H103Cl5FN3O2. The smallest absolute Gasteiger partial charge is 0.142 e. The SMILES string of the molecule is C.C=C(C(C)C)C(CN1CC[C@H](F)C1)c1ccc(Cl)cc1.C=C(C(C)C)[C@H](CN)c1ccc(Cl)c(Cl)c1.C=C(C(CN[C@H](C)[C@@H](O)c1ccccc1)c1ccc(Cl)cc1)C(C)(C)C.CC1CCC(CCC(C(=O)C(C)C)c2ccc(Cl)cc2)CC1. The lowest BCUT2D eigenvalue weighted by atomic mass is 9.77. The Morgan fingerprint density at radius 3 is 1.54 bits per heavy atom. The second-order valence-corrected chi connectivity index (χ2v) is 27.6. The largest absolute Gasteiger partial charge is 0.387 e. The van der Waals surface area contributed by atoms with E-state index in [0.29, 0.717) is 53.7 Å². The van der Waals surface area contributed by atoms with Gasteiger partial charge in [-0.2, -0.15) is 0 Å². The number of nitrogens with two attached hydrogens (primary N) is 1. The summed E-state index contributed by atoms with van der Waals surface area (Å²) in [6.45, 7) is 39.7. The topological polar surface area (TPSA) is 78.6 Å². The summed E-state index contributed by atoms with van der Waals surface area (Å²) in [4.78, 5) is 14.8. The molecule has 1 saturated carbocycles. The van der Waals surface area contributed by atoms with Crippen LogP contribution in [0, 0.1) is 35.0 Å². The molecule has 3 unspecified atom stereocenters.